The van der Waals surface area contributed by atoms with E-state index >= 15 is 0 Å². The molecule has 0 aliphatic rings. The Kier molecular flexibility index (Phi) is 10.4. The average Bonchev–Trinajstić information content (AvgIpc) is 2.84. The molecule has 0 spiro atoms. The van der Waals surface area contributed by atoms with Crippen LogP contribution in [0.2, 0.25) is 5.02 Å². The van der Waals surface area contributed by atoms with Crippen LogP contribution < -0.4 is 19.1 Å². The molecule has 0 aromatic heterocycles. The van der Waals surface area contributed by atoms with Crippen LogP contribution >= 0.6 is 11.6 Å². The van der Waals surface area contributed by atoms with Gasteiger partial charge in [-0.25, -0.2) is 8.42 Å². The van der Waals surface area contributed by atoms with Crippen LogP contribution in [0.1, 0.15) is 32.8 Å². The Bertz CT molecular complexity index is 1170. The van der Waals surface area contributed by atoms with Crippen molar-refractivity contribution in [2.45, 2.75) is 45.8 Å². The third kappa shape index (κ3) is 7.76. The van der Waals surface area contributed by atoms with E-state index < -0.39 is 28.5 Å². The minimum atomic E-state index is -3.92. The van der Waals surface area contributed by atoms with Crippen LogP contribution in [0.3, 0.4) is 0 Å². The van der Waals surface area contributed by atoms with Gasteiger partial charge in [0.25, 0.3) is 0 Å². The molecule has 2 rings (SSSR count). The van der Waals surface area contributed by atoms with E-state index in [0.717, 1.165) is 22.5 Å². The number of ether oxygens (including phenoxy) is 2. The topological polar surface area (TPSA) is 105 Å². The lowest BCUT2D eigenvalue weighted by Crippen LogP contribution is -2.52. The molecule has 36 heavy (non-hydrogen) atoms. The number of sulfonamides is 1. The number of carbonyl (C=O) groups excluding carboxylic acids is 2. The van der Waals surface area contributed by atoms with E-state index in [-0.39, 0.29) is 35.0 Å². The molecule has 0 saturated carbocycles. The van der Waals surface area contributed by atoms with Gasteiger partial charge >= 0.3 is 0 Å². The summed E-state index contributed by atoms with van der Waals surface area (Å²) in [5, 5.41) is 3.17. The van der Waals surface area contributed by atoms with E-state index in [0.29, 0.717) is 5.75 Å². The molecule has 0 aliphatic carbocycles. The monoisotopic (exact) mass is 539 g/mol. The molecule has 11 heteroatoms. The van der Waals surface area contributed by atoms with Crippen LogP contribution in [0.4, 0.5) is 5.69 Å². The van der Waals surface area contributed by atoms with Gasteiger partial charge in [0.05, 0.1) is 26.2 Å². The number of nitrogens with one attached hydrogen (secondary N) is 1. The first-order valence-corrected chi connectivity index (χ1v) is 13.7. The first kappa shape index (κ1) is 29.3. The van der Waals surface area contributed by atoms with Gasteiger partial charge in [0.2, 0.25) is 21.8 Å². The zero-order chi connectivity index (χ0) is 27.0. The summed E-state index contributed by atoms with van der Waals surface area (Å²) < 4.78 is 37.0. The summed E-state index contributed by atoms with van der Waals surface area (Å²) in [6, 6.07) is 10.6. The third-order valence-electron chi connectivity index (χ3n) is 5.74. The van der Waals surface area contributed by atoms with Gasteiger partial charge in [-0.2, -0.15) is 0 Å². The molecule has 0 fully saturated rings. The number of rotatable bonds is 12. The van der Waals surface area contributed by atoms with E-state index in [1.54, 1.807) is 37.3 Å². The van der Waals surface area contributed by atoms with Crippen molar-refractivity contribution in [1.82, 2.24) is 10.2 Å². The SMILES string of the molecule is CC[C@@H](C)NC(=O)[C@H](C)N(Cc1cccc(OC)c1)C(=O)CN(c1cc(Cl)ccc1OC)S(C)(=O)=O. The molecule has 0 radical (unpaired) electrons. The van der Waals surface area contributed by atoms with Crippen molar-refractivity contribution in [3.63, 3.8) is 0 Å². The quantitative estimate of drug-likeness (QED) is 0.443. The fourth-order valence-electron chi connectivity index (χ4n) is 3.47. The molecule has 2 amide bonds. The van der Waals surface area contributed by atoms with E-state index in [1.807, 2.05) is 13.8 Å². The second-order valence-electron chi connectivity index (χ2n) is 8.45. The predicted octanol–water partition coefficient (Wildman–Crippen LogP) is 3.46. The molecule has 198 valence electrons. The number of methoxy groups -OCH3 is 2. The Labute approximate surface area is 218 Å². The number of nitrogens with zero attached hydrogens (tertiary/aromatic N) is 2. The normalized spacial score (nSPS) is 12.9. The molecule has 0 bridgehead atoms. The number of carbonyl (C=O) groups is 2. The highest BCUT2D eigenvalue weighted by Crippen LogP contribution is 2.33. The summed E-state index contributed by atoms with van der Waals surface area (Å²) in [5.41, 5.74) is 0.844. The molecule has 0 unspecified atom stereocenters. The maximum absolute atomic E-state index is 13.7. The zero-order valence-electron chi connectivity index (χ0n) is 21.4. The molecule has 0 saturated heterocycles. The Morgan fingerprint density at radius 3 is 2.36 bits per heavy atom. The molecule has 2 atom stereocenters. The summed E-state index contributed by atoms with van der Waals surface area (Å²) >= 11 is 6.12. The minimum absolute atomic E-state index is 0.0649. The van der Waals surface area contributed by atoms with Crippen LogP contribution in [-0.2, 0) is 26.2 Å². The molecule has 2 aromatic carbocycles. The maximum atomic E-state index is 13.7. The van der Waals surface area contributed by atoms with Crippen LogP contribution in [0.15, 0.2) is 42.5 Å². The summed E-state index contributed by atoms with van der Waals surface area (Å²) in [7, 11) is -0.993. The van der Waals surface area contributed by atoms with Crippen LogP contribution in [0, 0.1) is 0 Å². The van der Waals surface area contributed by atoms with Crippen molar-refractivity contribution in [3.05, 3.63) is 53.1 Å². The van der Waals surface area contributed by atoms with Gasteiger partial charge in [-0.3, -0.25) is 13.9 Å². The van der Waals surface area contributed by atoms with Gasteiger partial charge in [0, 0.05) is 17.6 Å². The van der Waals surface area contributed by atoms with E-state index in [9.17, 15) is 18.0 Å². The van der Waals surface area contributed by atoms with E-state index in [1.165, 1.54) is 31.3 Å². The average molecular weight is 540 g/mol. The maximum Gasteiger partial charge on any atom is 0.244 e. The van der Waals surface area contributed by atoms with Crippen molar-refractivity contribution < 1.29 is 27.5 Å². The minimum Gasteiger partial charge on any atom is -0.497 e. The van der Waals surface area contributed by atoms with Crippen molar-refractivity contribution in [1.29, 1.82) is 0 Å². The lowest BCUT2D eigenvalue weighted by Gasteiger charge is -2.32. The number of amides is 2. The highest BCUT2D eigenvalue weighted by Gasteiger charge is 2.31. The molecular formula is C25H34ClN3O6S. The Balaban J connectivity index is 2.47. The Hall–Kier alpha value is -2.98. The highest BCUT2D eigenvalue weighted by atomic mass is 35.5. The Morgan fingerprint density at radius 2 is 1.78 bits per heavy atom. The van der Waals surface area contributed by atoms with E-state index in [4.69, 9.17) is 21.1 Å². The summed E-state index contributed by atoms with van der Waals surface area (Å²) in [6.45, 7) is 4.93. The van der Waals surface area contributed by atoms with Crippen molar-refractivity contribution in [2.75, 3.05) is 31.3 Å². The van der Waals surface area contributed by atoms with Gasteiger partial charge < -0.3 is 19.7 Å². The summed E-state index contributed by atoms with van der Waals surface area (Å²) in [4.78, 5) is 28.0. The number of hydrogen-bond donors (Lipinski definition) is 1. The molecule has 0 heterocycles. The summed E-state index contributed by atoms with van der Waals surface area (Å²) in [5.74, 6) is -0.0820. The largest absolute Gasteiger partial charge is 0.497 e. The van der Waals surface area contributed by atoms with Gasteiger partial charge in [-0.1, -0.05) is 30.7 Å². The standard InChI is InChI=1S/C25H34ClN3O6S/c1-7-17(2)27-25(31)18(3)28(15-19-9-8-10-21(13-19)34-4)24(30)16-29(36(6,32)33)22-14-20(26)11-12-23(22)35-5/h8-14,17-18H,7,15-16H2,1-6H3,(H,27,31)/t17-,18+/m1/s1. The van der Waals surface area contributed by atoms with Crippen molar-refractivity contribution in [2.24, 2.45) is 0 Å². The smallest absolute Gasteiger partial charge is 0.244 e. The first-order chi connectivity index (χ1) is 16.9. The van der Waals surface area contributed by atoms with Gasteiger partial charge in [0.1, 0.15) is 24.1 Å². The van der Waals surface area contributed by atoms with Crippen molar-refractivity contribution >= 4 is 39.1 Å². The first-order valence-electron chi connectivity index (χ1n) is 11.4. The van der Waals surface area contributed by atoms with Crippen LogP contribution in [0.25, 0.3) is 0 Å². The fourth-order valence-corrected chi connectivity index (χ4v) is 4.48. The van der Waals surface area contributed by atoms with Gasteiger partial charge in [0.15, 0.2) is 0 Å². The van der Waals surface area contributed by atoms with Gasteiger partial charge in [-0.05, 0) is 56.2 Å². The van der Waals surface area contributed by atoms with Crippen LogP contribution in [-0.4, -0.2) is 64.2 Å². The molecule has 9 nitrogen and oxygen atoms in total. The number of halogens is 1. The Morgan fingerprint density at radius 1 is 1.08 bits per heavy atom. The third-order valence-corrected chi connectivity index (χ3v) is 7.11. The molecular weight excluding hydrogens is 506 g/mol. The second-order valence-corrected chi connectivity index (χ2v) is 10.8. The number of anilines is 1. The summed E-state index contributed by atoms with van der Waals surface area (Å²) in [6.07, 6.45) is 1.71. The molecule has 0 aliphatic heterocycles. The number of benzene rings is 2. The number of hydrogen-bond acceptors (Lipinski definition) is 6. The lowest BCUT2D eigenvalue weighted by atomic mass is 10.1. The zero-order valence-corrected chi connectivity index (χ0v) is 23.0. The second kappa shape index (κ2) is 12.8. The van der Waals surface area contributed by atoms with Crippen molar-refractivity contribution in [3.8, 4) is 11.5 Å². The van der Waals surface area contributed by atoms with Crippen LogP contribution in [0.5, 0.6) is 11.5 Å². The predicted molar refractivity (Wildman–Crippen MR) is 141 cm³/mol. The van der Waals surface area contributed by atoms with Gasteiger partial charge in [-0.15, -0.1) is 0 Å². The fraction of sp³-hybridized carbons (Fsp3) is 0.440. The molecule has 2 aromatic rings. The molecule has 1 N–H and O–H groups in total. The highest BCUT2D eigenvalue weighted by molar-refractivity contribution is 7.92. The lowest BCUT2D eigenvalue weighted by molar-refractivity contribution is -0.139. The van der Waals surface area contributed by atoms with E-state index in [2.05, 4.69) is 5.32 Å².